The van der Waals surface area contributed by atoms with Gasteiger partial charge in [-0.25, -0.2) is 0 Å². The fourth-order valence-electron chi connectivity index (χ4n) is 4.25. The van der Waals surface area contributed by atoms with Gasteiger partial charge < -0.3 is 0 Å². The first-order valence-corrected chi connectivity index (χ1v) is 18.4. The summed E-state index contributed by atoms with van der Waals surface area (Å²) in [6.45, 7) is 0.128. The van der Waals surface area contributed by atoms with E-state index in [1.165, 1.54) is 16.7 Å². The molecule has 1 fully saturated rings. The van der Waals surface area contributed by atoms with Crippen LogP contribution in [0.15, 0.2) is 60.7 Å². The molecule has 0 saturated heterocycles. The zero-order valence-corrected chi connectivity index (χ0v) is 17.2. The molecule has 113 valence electrons. The van der Waals surface area contributed by atoms with Gasteiger partial charge in [0.1, 0.15) is 0 Å². The molecule has 1 saturated carbocycles. The molecule has 2 atom stereocenters. The number of fused-ring (bicyclic) bond motifs is 2. The van der Waals surface area contributed by atoms with Crippen molar-refractivity contribution in [2.75, 3.05) is 0 Å². The van der Waals surface area contributed by atoms with Gasteiger partial charge in [0.15, 0.2) is 0 Å². The van der Waals surface area contributed by atoms with Crippen molar-refractivity contribution in [1.29, 1.82) is 0 Å². The second kappa shape index (κ2) is 5.83. The fraction of sp³-hybridized carbons (Fsp3) is 0.238. The zero-order chi connectivity index (χ0) is 15.2. The summed E-state index contributed by atoms with van der Waals surface area (Å²) >= 11 is -1.54. The van der Waals surface area contributed by atoms with Crippen molar-refractivity contribution in [2.24, 2.45) is 0 Å². The van der Waals surface area contributed by atoms with Crippen LogP contribution in [-0.2, 0) is 20.9 Å². The topological polar surface area (TPSA) is 0 Å². The van der Waals surface area contributed by atoms with Crippen LogP contribution in [0.5, 0.6) is 0 Å². The number of hydrogen-bond donors (Lipinski definition) is 0. The Morgan fingerprint density at radius 3 is 1.78 bits per heavy atom. The van der Waals surface area contributed by atoms with Crippen molar-refractivity contribution in [3.8, 4) is 0 Å². The van der Waals surface area contributed by atoms with Gasteiger partial charge in [-0.3, -0.25) is 0 Å². The molecule has 2 aromatic rings. The van der Waals surface area contributed by atoms with Crippen LogP contribution in [0.4, 0.5) is 0 Å². The average Bonchev–Trinajstić information content (AvgIpc) is 3.17. The summed E-state index contributed by atoms with van der Waals surface area (Å²) in [6.07, 6.45) is 13.1. The summed E-state index contributed by atoms with van der Waals surface area (Å²) < 4.78 is 1.67. The molecule has 0 radical (unpaired) electrons. The molecule has 3 aliphatic rings. The molecule has 0 amide bonds. The van der Waals surface area contributed by atoms with E-state index in [0.717, 1.165) is 7.25 Å². The zero-order valence-electron chi connectivity index (χ0n) is 13.3. The van der Waals surface area contributed by atoms with E-state index in [1.54, 1.807) is 24.0 Å². The maximum absolute atomic E-state index is 2.59. The minimum absolute atomic E-state index is 0.128. The Morgan fingerprint density at radius 1 is 0.739 bits per heavy atom. The van der Waals surface area contributed by atoms with E-state index in [0.29, 0.717) is 0 Å². The molecule has 23 heavy (non-hydrogen) atoms. The molecular formula is C21H21SiZr. The van der Waals surface area contributed by atoms with Crippen LogP contribution in [0.1, 0.15) is 42.3 Å². The molecule has 0 aromatic heterocycles. The number of hydrogen-bond acceptors (Lipinski definition) is 0. The van der Waals surface area contributed by atoms with Crippen LogP contribution in [0.25, 0.3) is 12.2 Å². The van der Waals surface area contributed by atoms with Gasteiger partial charge in [0.25, 0.3) is 0 Å². The molecule has 0 spiro atoms. The fourth-order valence-corrected chi connectivity index (χ4v) is 27.8. The van der Waals surface area contributed by atoms with E-state index in [-0.39, 0.29) is 6.65 Å². The Bertz CT molecular complexity index is 741. The van der Waals surface area contributed by atoms with E-state index >= 15 is 0 Å². The summed E-state index contributed by atoms with van der Waals surface area (Å²) in [4.78, 5) is 0. The second-order valence-electron chi connectivity index (χ2n) is 7.15. The molecule has 3 aliphatic carbocycles. The van der Waals surface area contributed by atoms with Crippen LogP contribution in [0.2, 0.25) is 5.54 Å². The molecule has 0 nitrogen and oxygen atoms in total. The van der Waals surface area contributed by atoms with Crippen molar-refractivity contribution in [2.45, 2.75) is 25.6 Å². The number of benzene rings is 2. The van der Waals surface area contributed by atoms with E-state index in [2.05, 4.69) is 72.8 Å². The van der Waals surface area contributed by atoms with Crippen molar-refractivity contribution >= 4 is 18.8 Å². The molecule has 0 heterocycles. The molecule has 2 heteroatoms. The van der Waals surface area contributed by atoms with Crippen molar-refractivity contribution in [3.63, 3.8) is 0 Å². The SMILES string of the molecule is C1=C[CH]([Zr]([SiH2]C2CC2)[CH]2C=Cc3ccccc32)c2ccccc21. The van der Waals surface area contributed by atoms with Crippen LogP contribution >= 0.6 is 0 Å². The predicted molar refractivity (Wildman–Crippen MR) is 98.0 cm³/mol. The second-order valence-corrected chi connectivity index (χ2v) is 22.4. The van der Waals surface area contributed by atoms with Gasteiger partial charge in [-0.05, 0) is 0 Å². The van der Waals surface area contributed by atoms with E-state index < -0.39 is 20.9 Å². The van der Waals surface area contributed by atoms with Gasteiger partial charge >= 0.3 is 148 Å². The molecular weight excluding hydrogens is 372 g/mol. The van der Waals surface area contributed by atoms with Crippen LogP contribution in [0.3, 0.4) is 0 Å². The third-order valence-corrected chi connectivity index (χ3v) is 26.8. The van der Waals surface area contributed by atoms with E-state index in [1.807, 2.05) is 0 Å². The van der Waals surface area contributed by atoms with Gasteiger partial charge in [-0.1, -0.05) is 0 Å². The third kappa shape index (κ3) is 2.61. The Labute approximate surface area is 147 Å². The van der Waals surface area contributed by atoms with Crippen molar-refractivity contribution in [3.05, 3.63) is 82.9 Å². The Balaban J connectivity index is 1.54. The van der Waals surface area contributed by atoms with Crippen molar-refractivity contribution < 1.29 is 20.9 Å². The first-order valence-electron chi connectivity index (χ1n) is 8.80. The van der Waals surface area contributed by atoms with E-state index in [9.17, 15) is 0 Å². The number of allylic oxidation sites excluding steroid dienone is 2. The van der Waals surface area contributed by atoms with Crippen LogP contribution < -0.4 is 0 Å². The normalized spacial score (nSPS) is 24.3. The van der Waals surface area contributed by atoms with Gasteiger partial charge in [-0.2, -0.15) is 0 Å². The van der Waals surface area contributed by atoms with E-state index in [4.69, 9.17) is 0 Å². The Kier molecular flexibility index (Phi) is 3.64. The summed E-state index contributed by atoms with van der Waals surface area (Å²) in [5, 5.41) is 0. The molecule has 0 N–H and O–H groups in total. The average molecular weight is 393 g/mol. The maximum atomic E-state index is 2.59. The monoisotopic (exact) mass is 391 g/mol. The molecule has 0 bridgehead atoms. The minimum atomic E-state index is -1.54. The summed E-state index contributed by atoms with van der Waals surface area (Å²) in [6, 6.07) is 18.3. The summed E-state index contributed by atoms with van der Waals surface area (Å²) in [5.74, 6) is 0. The molecule has 2 aromatic carbocycles. The third-order valence-electron chi connectivity index (χ3n) is 5.62. The quantitative estimate of drug-likeness (QED) is 0.655. The summed E-state index contributed by atoms with van der Waals surface area (Å²) in [5.41, 5.74) is 7.50. The van der Waals surface area contributed by atoms with Gasteiger partial charge in [0, 0.05) is 0 Å². The Morgan fingerprint density at radius 2 is 1.26 bits per heavy atom. The first kappa shape index (κ1) is 14.4. The van der Waals surface area contributed by atoms with Crippen LogP contribution in [-0.4, -0.2) is 6.65 Å². The van der Waals surface area contributed by atoms with Crippen molar-refractivity contribution in [1.82, 2.24) is 0 Å². The predicted octanol–water partition coefficient (Wildman–Crippen LogP) is 4.81. The summed E-state index contributed by atoms with van der Waals surface area (Å²) in [7, 11) is 0. The first-order chi connectivity index (χ1) is 11.4. The molecule has 2 unspecified atom stereocenters. The van der Waals surface area contributed by atoms with Crippen LogP contribution in [0, 0.1) is 0 Å². The van der Waals surface area contributed by atoms with Gasteiger partial charge in [0.2, 0.25) is 0 Å². The molecule has 5 rings (SSSR count). The standard InChI is InChI=1S/2C9H7.C3H7Si.Zr/c2*1-2-5-9-7-3-6-8(9)4-1;4-3-1-2-3;/h2*1-7H;3H,1-2,4H2;. The van der Waals surface area contributed by atoms with Gasteiger partial charge in [-0.15, -0.1) is 0 Å². The Hall–Kier alpha value is -0.980. The number of rotatable bonds is 4. The van der Waals surface area contributed by atoms with Gasteiger partial charge in [0.05, 0.1) is 0 Å². The molecule has 0 aliphatic heterocycles.